The summed E-state index contributed by atoms with van der Waals surface area (Å²) in [6.07, 6.45) is 1.20. The first-order valence-corrected chi connectivity index (χ1v) is 10.4. The normalized spacial score (nSPS) is 11.3. The molecule has 0 bridgehead atoms. The van der Waals surface area contributed by atoms with Crippen LogP contribution in [0.15, 0.2) is 70.7 Å². The molecule has 0 fully saturated rings. The third-order valence-electron chi connectivity index (χ3n) is 4.21. The predicted molar refractivity (Wildman–Crippen MR) is 118 cm³/mol. The average Bonchev–Trinajstić information content (AvgIpc) is 2.75. The van der Waals surface area contributed by atoms with Crippen molar-refractivity contribution in [1.29, 1.82) is 0 Å². The van der Waals surface area contributed by atoms with E-state index in [-0.39, 0.29) is 28.4 Å². The highest BCUT2D eigenvalue weighted by atomic mass is 32.2. The zero-order valence-electron chi connectivity index (χ0n) is 16.6. The summed E-state index contributed by atoms with van der Waals surface area (Å²) in [7, 11) is -2.77. The summed E-state index contributed by atoms with van der Waals surface area (Å²) in [4.78, 5) is 10.0. The lowest BCUT2D eigenvalue weighted by Gasteiger charge is -2.12. The van der Waals surface area contributed by atoms with Crippen LogP contribution in [0.25, 0.3) is 0 Å². The van der Waals surface area contributed by atoms with Gasteiger partial charge in [-0.25, -0.2) is 8.42 Å². The van der Waals surface area contributed by atoms with Crippen molar-refractivity contribution in [3.05, 3.63) is 76.3 Å². The van der Waals surface area contributed by atoms with E-state index in [1.807, 2.05) is 0 Å². The number of nitrogens with zero attached hydrogens (tertiary/aromatic N) is 2. The van der Waals surface area contributed by atoms with Crippen LogP contribution in [0.3, 0.4) is 0 Å². The number of phenols is 2. The molecule has 0 heterocycles. The van der Waals surface area contributed by atoms with Crippen molar-refractivity contribution in [3.8, 4) is 17.2 Å². The van der Waals surface area contributed by atoms with Gasteiger partial charge in [-0.2, -0.15) is 5.10 Å². The van der Waals surface area contributed by atoms with Gasteiger partial charge in [0.1, 0.15) is 22.1 Å². The molecule has 0 aliphatic rings. The van der Waals surface area contributed by atoms with Crippen LogP contribution >= 0.6 is 0 Å². The van der Waals surface area contributed by atoms with Crippen LogP contribution in [-0.4, -0.2) is 36.9 Å². The number of rotatable bonds is 8. The molecular weight excluding hydrogens is 440 g/mol. The molecule has 11 nitrogen and oxygen atoms in total. The Bertz CT molecular complexity index is 1280. The standard InChI is InChI=1S/C20H18N4O7S/c1-31-17-7-3-14(4-8-17)23-32(29,30)20-10-15(24(27)28)5-9-18(20)22-21-12-13-2-6-16(25)11-19(13)26/h2-12,22-23,25-26H,1H3/b21-12+. The molecule has 3 aromatic rings. The number of non-ortho nitro benzene ring substituents is 1. The summed E-state index contributed by atoms with van der Waals surface area (Å²) < 4.78 is 33.3. The summed E-state index contributed by atoms with van der Waals surface area (Å²) in [6, 6.07) is 13.1. The maximum Gasteiger partial charge on any atom is 0.270 e. The third-order valence-corrected chi connectivity index (χ3v) is 5.63. The molecule has 0 aliphatic heterocycles. The lowest BCUT2D eigenvalue weighted by Crippen LogP contribution is -2.15. The molecule has 0 aromatic heterocycles. The third kappa shape index (κ3) is 5.23. The smallest absolute Gasteiger partial charge is 0.270 e. The second-order valence-corrected chi connectivity index (χ2v) is 8.04. The Kier molecular flexibility index (Phi) is 6.45. The molecule has 0 saturated carbocycles. The fourth-order valence-electron chi connectivity index (χ4n) is 2.62. The number of methoxy groups -OCH3 is 1. The summed E-state index contributed by atoms with van der Waals surface area (Å²) in [5.74, 6) is 0.145. The average molecular weight is 458 g/mol. The highest BCUT2D eigenvalue weighted by Gasteiger charge is 2.22. The van der Waals surface area contributed by atoms with E-state index in [0.717, 1.165) is 18.2 Å². The molecule has 3 rings (SSSR count). The second kappa shape index (κ2) is 9.22. The first-order chi connectivity index (χ1) is 15.2. The minimum Gasteiger partial charge on any atom is -0.508 e. The van der Waals surface area contributed by atoms with E-state index in [1.54, 1.807) is 12.1 Å². The molecular formula is C20H18N4O7S. The first kappa shape index (κ1) is 22.4. The number of aromatic hydroxyl groups is 2. The molecule has 0 spiro atoms. The number of anilines is 2. The van der Waals surface area contributed by atoms with Gasteiger partial charge in [-0.15, -0.1) is 0 Å². The zero-order chi connectivity index (χ0) is 23.3. The monoisotopic (exact) mass is 458 g/mol. The predicted octanol–water partition coefficient (Wildman–Crippen LogP) is 3.26. The summed E-state index contributed by atoms with van der Waals surface area (Å²) in [5.41, 5.74) is 2.52. The highest BCUT2D eigenvalue weighted by molar-refractivity contribution is 7.92. The van der Waals surface area contributed by atoms with Crippen molar-refractivity contribution in [1.82, 2.24) is 0 Å². The number of nitro benzene ring substituents is 1. The lowest BCUT2D eigenvalue weighted by atomic mass is 10.2. The van der Waals surface area contributed by atoms with Crippen LogP contribution in [0.5, 0.6) is 17.2 Å². The quantitative estimate of drug-likeness (QED) is 0.227. The molecule has 4 N–H and O–H groups in total. The highest BCUT2D eigenvalue weighted by Crippen LogP contribution is 2.29. The van der Waals surface area contributed by atoms with Crippen LogP contribution < -0.4 is 14.9 Å². The lowest BCUT2D eigenvalue weighted by molar-refractivity contribution is -0.385. The number of hydrogen-bond donors (Lipinski definition) is 4. The summed E-state index contributed by atoms with van der Waals surface area (Å²) in [6.45, 7) is 0. The molecule has 166 valence electrons. The van der Waals surface area contributed by atoms with Crippen molar-refractivity contribution in [3.63, 3.8) is 0 Å². The Hall–Kier alpha value is -4.32. The van der Waals surface area contributed by atoms with Gasteiger partial charge in [0.2, 0.25) is 0 Å². The van der Waals surface area contributed by atoms with Crippen molar-refractivity contribution in [2.75, 3.05) is 17.3 Å². The van der Waals surface area contributed by atoms with Gasteiger partial charge in [0.05, 0.1) is 23.9 Å². The molecule has 0 atom stereocenters. The van der Waals surface area contributed by atoms with Crippen molar-refractivity contribution in [2.45, 2.75) is 4.90 Å². The van der Waals surface area contributed by atoms with Gasteiger partial charge < -0.3 is 14.9 Å². The Balaban J connectivity index is 1.92. The van der Waals surface area contributed by atoms with Crippen LogP contribution in [0, 0.1) is 10.1 Å². The Labute approximate surface area is 182 Å². The number of sulfonamides is 1. The molecule has 0 amide bonds. The minimum atomic E-state index is -4.24. The van der Waals surface area contributed by atoms with Crippen LogP contribution in [0.2, 0.25) is 0 Å². The minimum absolute atomic E-state index is 0.0360. The number of hydrazone groups is 1. The van der Waals surface area contributed by atoms with E-state index in [2.05, 4.69) is 15.2 Å². The fourth-order valence-corrected chi connectivity index (χ4v) is 3.86. The first-order valence-electron chi connectivity index (χ1n) is 8.96. The maximum absolute atomic E-state index is 13.0. The molecule has 3 aromatic carbocycles. The summed E-state index contributed by atoms with van der Waals surface area (Å²) in [5, 5.41) is 34.2. The molecule has 0 aliphatic carbocycles. The molecule has 0 radical (unpaired) electrons. The van der Waals surface area contributed by atoms with Crippen molar-refractivity contribution in [2.24, 2.45) is 5.10 Å². The fraction of sp³-hybridized carbons (Fsp3) is 0.0500. The van der Waals surface area contributed by atoms with Crippen LogP contribution in [-0.2, 0) is 10.0 Å². The van der Waals surface area contributed by atoms with Gasteiger partial charge in [0, 0.05) is 29.4 Å². The van der Waals surface area contributed by atoms with Gasteiger partial charge in [0.15, 0.2) is 0 Å². The van der Waals surface area contributed by atoms with Gasteiger partial charge >= 0.3 is 0 Å². The molecule has 32 heavy (non-hydrogen) atoms. The Morgan fingerprint density at radius 2 is 1.78 bits per heavy atom. The van der Waals surface area contributed by atoms with E-state index in [4.69, 9.17) is 4.74 Å². The zero-order valence-corrected chi connectivity index (χ0v) is 17.4. The summed E-state index contributed by atoms with van der Waals surface area (Å²) >= 11 is 0. The Morgan fingerprint density at radius 1 is 1.06 bits per heavy atom. The Morgan fingerprint density at radius 3 is 2.41 bits per heavy atom. The largest absolute Gasteiger partial charge is 0.508 e. The van der Waals surface area contributed by atoms with Crippen LogP contribution in [0.4, 0.5) is 17.1 Å². The van der Waals surface area contributed by atoms with E-state index in [1.165, 1.54) is 43.7 Å². The van der Waals surface area contributed by atoms with E-state index in [0.29, 0.717) is 5.75 Å². The van der Waals surface area contributed by atoms with Crippen molar-refractivity contribution < 1.29 is 28.3 Å². The number of phenolic OH excluding ortho intramolecular Hbond substituents is 2. The number of nitrogens with one attached hydrogen (secondary N) is 2. The number of nitro groups is 1. The van der Waals surface area contributed by atoms with Crippen molar-refractivity contribution >= 4 is 33.3 Å². The number of benzene rings is 3. The van der Waals surface area contributed by atoms with E-state index >= 15 is 0 Å². The second-order valence-electron chi connectivity index (χ2n) is 6.38. The van der Waals surface area contributed by atoms with Gasteiger partial charge in [0.25, 0.3) is 15.7 Å². The molecule has 0 unspecified atom stereocenters. The van der Waals surface area contributed by atoms with Gasteiger partial charge in [-0.05, 0) is 42.5 Å². The molecule has 12 heteroatoms. The van der Waals surface area contributed by atoms with Gasteiger partial charge in [-0.3, -0.25) is 20.3 Å². The van der Waals surface area contributed by atoms with Crippen LogP contribution in [0.1, 0.15) is 5.56 Å². The maximum atomic E-state index is 13.0. The number of ether oxygens (including phenoxy) is 1. The molecule has 0 saturated heterocycles. The van der Waals surface area contributed by atoms with E-state index < -0.39 is 25.5 Å². The number of hydrogen-bond acceptors (Lipinski definition) is 9. The topological polar surface area (TPSA) is 163 Å². The SMILES string of the molecule is COc1ccc(NS(=O)(=O)c2cc([N+](=O)[O-])ccc2N/N=C/c2ccc(O)cc2O)cc1. The van der Waals surface area contributed by atoms with Gasteiger partial charge in [-0.1, -0.05) is 0 Å². The van der Waals surface area contributed by atoms with E-state index in [9.17, 15) is 28.7 Å².